The Morgan fingerprint density at radius 3 is 2.45 bits per heavy atom. The summed E-state index contributed by atoms with van der Waals surface area (Å²) in [6.07, 6.45) is 0. The van der Waals surface area contributed by atoms with Gasteiger partial charge in [0.2, 0.25) is 15.9 Å². The second kappa shape index (κ2) is 9.25. The van der Waals surface area contributed by atoms with Gasteiger partial charge in [-0.25, -0.2) is 13.1 Å². The summed E-state index contributed by atoms with van der Waals surface area (Å²) in [5, 5.41) is 2.58. The highest BCUT2D eigenvalue weighted by Gasteiger charge is 2.17. The Morgan fingerprint density at radius 1 is 1.14 bits per heavy atom. The van der Waals surface area contributed by atoms with Crippen LogP contribution >= 0.6 is 0 Å². The Labute approximate surface area is 170 Å². The third kappa shape index (κ3) is 5.47. The number of hydrogen-bond acceptors (Lipinski definition) is 6. The van der Waals surface area contributed by atoms with Crippen molar-refractivity contribution in [2.45, 2.75) is 18.4 Å². The average molecular weight is 420 g/mol. The summed E-state index contributed by atoms with van der Waals surface area (Å²) in [6, 6.07) is 12.1. The number of anilines is 2. The van der Waals surface area contributed by atoms with E-state index in [4.69, 9.17) is 9.47 Å². The van der Waals surface area contributed by atoms with E-state index in [1.165, 1.54) is 32.2 Å². The maximum atomic E-state index is 12.7. The van der Waals surface area contributed by atoms with E-state index >= 15 is 0 Å². The molecule has 0 radical (unpaired) electrons. The van der Waals surface area contributed by atoms with E-state index in [9.17, 15) is 13.2 Å². The summed E-state index contributed by atoms with van der Waals surface area (Å²) in [5.41, 5.74) is 2.24. The molecule has 0 saturated carbocycles. The number of benzene rings is 2. The molecule has 0 aliphatic carbocycles. The minimum atomic E-state index is -3.76. The minimum absolute atomic E-state index is 0.0481. The van der Waals surface area contributed by atoms with E-state index in [-0.39, 0.29) is 17.3 Å². The molecule has 8 nitrogen and oxygen atoms in total. The first-order valence-corrected chi connectivity index (χ1v) is 10.7. The summed E-state index contributed by atoms with van der Waals surface area (Å²) in [5.74, 6) is 0.0732. The molecule has 29 heavy (non-hydrogen) atoms. The van der Waals surface area contributed by atoms with Gasteiger partial charge in [0.25, 0.3) is 0 Å². The number of rotatable bonds is 7. The highest BCUT2D eigenvalue weighted by molar-refractivity contribution is 7.89. The SMILES string of the molecule is COc1ccc(S(=O)(=O)NCc2ccc(N3CCOCC3)cc2)cc1NC(C)=O. The predicted octanol–water partition coefficient (Wildman–Crippen LogP) is 1.97. The zero-order valence-corrected chi connectivity index (χ0v) is 17.3. The lowest BCUT2D eigenvalue weighted by molar-refractivity contribution is -0.114. The van der Waals surface area contributed by atoms with E-state index in [1.807, 2.05) is 24.3 Å². The van der Waals surface area contributed by atoms with Crippen LogP contribution in [0.5, 0.6) is 5.75 Å². The van der Waals surface area contributed by atoms with Crippen molar-refractivity contribution < 1.29 is 22.7 Å². The Hall–Kier alpha value is -2.62. The highest BCUT2D eigenvalue weighted by atomic mass is 32.2. The van der Waals surface area contributed by atoms with Gasteiger partial charge >= 0.3 is 0 Å². The molecule has 2 aromatic rings. The van der Waals surface area contributed by atoms with Gasteiger partial charge in [0.1, 0.15) is 5.75 Å². The largest absolute Gasteiger partial charge is 0.495 e. The van der Waals surface area contributed by atoms with Crippen molar-refractivity contribution >= 4 is 27.3 Å². The molecule has 2 aromatic carbocycles. The quantitative estimate of drug-likeness (QED) is 0.712. The first-order valence-electron chi connectivity index (χ1n) is 9.26. The first kappa shape index (κ1) is 21.1. The molecule has 1 aliphatic rings. The molecular formula is C20H25N3O5S. The number of sulfonamides is 1. The van der Waals surface area contributed by atoms with Gasteiger partial charge in [-0.2, -0.15) is 0 Å². The molecule has 1 fully saturated rings. The number of amides is 1. The smallest absolute Gasteiger partial charge is 0.240 e. The molecule has 0 atom stereocenters. The number of nitrogens with zero attached hydrogens (tertiary/aromatic N) is 1. The van der Waals surface area contributed by atoms with Crippen molar-refractivity contribution in [3.63, 3.8) is 0 Å². The first-order chi connectivity index (χ1) is 13.9. The zero-order valence-electron chi connectivity index (χ0n) is 16.5. The highest BCUT2D eigenvalue weighted by Crippen LogP contribution is 2.27. The second-order valence-corrected chi connectivity index (χ2v) is 8.40. The zero-order chi connectivity index (χ0) is 20.9. The average Bonchev–Trinajstić information content (AvgIpc) is 2.73. The van der Waals surface area contributed by atoms with E-state index < -0.39 is 10.0 Å². The number of carbonyl (C=O) groups is 1. The van der Waals surface area contributed by atoms with Crippen molar-refractivity contribution in [2.75, 3.05) is 43.6 Å². The molecule has 1 saturated heterocycles. The lowest BCUT2D eigenvalue weighted by atomic mass is 10.2. The summed E-state index contributed by atoms with van der Waals surface area (Å²) in [7, 11) is -2.30. The van der Waals surface area contributed by atoms with Gasteiger partial charge in [-0.1, -0.05) is 12.1 Å². The van der Waals surface area contributed by atoms with Gasteiger partial charge in [-0.05, 0) is 35.9 Å². The van der Waals surface area contributed by atoms with Gasteiger partial charge in [-0.15, -0.1) is 0 Å². The number of nitrogens with one attached hydrogen (secondary N) is 2. The van der Waals surface area contributed by atoms with Crippen molar-refractivity contribution in [3.05, 3.63) is 48.0 Å². The molecule has 1 aliphatic heterocycles. The van der Waals surface area contributed by atoms with Crippen molar-refractivity contribution in [1.82, 2.24) is 4.72 Å². The molecule has 2 N–H and O–H groups in total. The van der Waals surface area contributed by atoms with Crippen LogP contribution in [0, 0.1) is 0 Å². The van der Waals surface area contributed by atoms with E-state index in [0.717, 1.165) is 24.3 Å². The molecule has 156 valence electrons. The van der Waals surface area contributed by atoms with Crippen LogP contribution in [0.25, 0.3) is 0 Å². The van der Waals surface area contributed by atoms with Crippen LogP contribution in [0.15, 0.2) is 47.4 Å². The number of methoxy groups -OCH3 is 1. The Morgan fingerprint density at radius 2 is 1.83 bits per heavy atom. The molecule has 0 unspecified atom stereocenters. The number of carbonyl (C=O) groups excluding carboxylic acids is 1. The Kier molecular flexibility index (Phi) is 6.73. The van der Waals surface area contributed by atoms with Gasteiger partial charge < -0.3 is 19.7 Å². The van der Waals surface area contributed by atoms with Crippen molar-refractivity contribution in [2.24, 2.45) is 0 Å². The maximum Gasteiger partial charge on any atom is 0.240 e. The second-order valence-electron chi connectivity index (χ2n) is 6.63. The van der Waals surface area contributed by atoms with Gasteiger partial charge in [0, 0.05) is 32.2 Å². The third-order valence-corrected chi connectivity index (χ3v) is 5.97. The minimum Gasteiger partial charge on any atom is -0.495 e. The molecule has 3 rings (SSSR count). The summed E-state index contributed by atoms with van der Waals surface area (Å²) < 4.78 is 38.5. The number of hydrogen-bond donors (Lipinski definition) is 2. The van der Waals surface area contributed by atoms with Gasteiger partial charge in [0.15, 0.2) is 0 Å². The summed E-state index contributed by atoms with van der Waals surface area (Å²) >= 11 is 0. The molecule has 1 amide bonds. The maximum absolute atomic E-state index is 12.7. The third-order valence-electron chi connectivity index (χ3n) is 4.57. The Bertz CT molecular complexity index is 955. The molecule has 0 spiro atoms. The van der Waals surface area contributed by atoms with Crippen LogP contribution in [0.2, 0.25) is 0 Å². The van der Waals surface area contributed by atoms with E-state index in [0.29, 0.717) is 24.7 Å². The van der Waals surface area contributed by atoms with E-state index in [1.54, 1.807) is 0 Å². The van der Waals surface area contributed by atoms with Crippen LogP contribution in [-0.4, -0.2) is 47.7 Å². The standard InChI is InChI=1S/C20H25N3O5S/c1-15(24)22-19-13-18(7-8-20(19)27-2)29(25,26)21-14-16-3-5-17(6-4-16)23-9-11-28-12-10-23/h3-8,13,21H,9-12,14H2,1-2H3,(H,22,24). The predicted molar refractivity (Wildman–Crippen MR) is 111 cm³/mol. The fourth-order valence-electron chi connectivity index (χ4n) is 3.05. The lowest BCUT2D eigenvalue weighted by Gasteiger charge is -2.28. The fraction of sp³-hybridized carbons (Fsp3) is 0.350. The van der Waals surface area contributed by atoms with Crippen molar-refractivity contribution in [3.8, 4) is 5.75 Å². The topological polar surface area (TPSA) is 97.0 Å². The monoisotopic (exact) mass is 419 g/mol. The molecule has 9 heteroatoms. The molecule has 1 heterocycles. The van der Waals surface area contributed by atoms with E-state index in [2.05, 4.69) is 14.9 Å². The van der Waals surface area contributed by atoms with Crippen LogP contribution in [0.3, 0.4) is 0 Å². The normalized spacial score (nSPS) is 14.5. The lowest BCUT2D eigenvalue weighted by Crippen LogP contribution is -2.36. The summed E-state index contributed by atoms with van der Waals surface area (Å²) in [6.45, 7) is 4.63. The van der Waals surface area contributed by atoms with Crippen LogP contribution in [0.4, 0.5) is 11.4 Å². The molecule has 0 aromatic heterocycles. The van der Waals surface area contributed by atoms with Crippen LogP contribution in [0.1, 0.15) is 12.5 Å². The Balaban J connectivity index is 1.68. The van der Waals surface area contributed by atoms with Crippen LogP contribution in [-0.2, 0) is 26.1 Å². The van der Waals surface area contributed by atoms with Gasteiger partial charge in [0.05, 0.1) is 30.9 Å². The summed E-state index contributed by atoms with van der Waals surface area (Å²) in [4.78, 5) is 13.6. The molecule has 0 bridgehead atoms. The number of ether oxygens (including phenoxy) is 2. The number of morpholine rings is 1. The molecular weight excluding hydrogens is 394 g/mol. The van der Waals surface area contributed by atoms with Gasteiger partial charge in [-0.3, -0.25) is 4.79 Å². The van der Waals surface area contributed by atoms with Crippen molar-refractivity contribution in [1.29, 1.82) is 0 Å². The van der Waals surface area contributed by atoms with Crippen LogP contribution < -0.4 is 19.7 Å². The fourth-order valence-corrected chi connectivity index (χ4v) is 4.09.